The fourth-order valence-electron chi connectivity index (χ4n) is 1.95. The van der Waals surface area contributed by atoms with Crippen molar-refractivity contribution in [1.82, 2.24) is 9.97 Å². The quantitative estimate of drug-likeness (QED) is 0.693. The second-order valence-electron chi connectivity index (χ2n) is 4.46. The molecule has 0 fully saturated rings. The molecule has 0 aliphatic rings. The lowest BCUT2D eigenvalue weighted by molar-refractivity contribution is 0.458. The van der Waals surface area contributed by atoms with Gasteiger partial charge in [-0.25, -0.2) is 9.97 Å². The Morgan fingerprint density at radius 1 is 0.864 bits per heavy atom. The molecule has 5 heteroatoms. The fraction of sp³-hybridized carbons (Fsp3) is 0. The highest BCUT2D eigenvalue weighted by atomic mass is 79.9. The van der Waals surface area contributed by atoms with Gasteiger partial charge in [-0.15, -0.1) is 0 Å². The average molecular weight is 352 g/mol. The molecule has 0 aliphatic carbocycles. The molecule has 0 bridgehead atoms. The Bertz CT molecular complexity index is 824. The Kier molecular flexibility index (Phi) is 4.12. The maximum atomic E-state index is 8.98. The third kappa shape index (κ3) is 3.13. The molecule has 1 aromatic heterocycles. The minimum absolute atomic E-state index is 0.166. The van der Waals surface area contributed by atoms with E-state index in [0.717, 1.165) is 15.6 Å². The van der Waals surface area contributed by atoms with E-state index in [-0.39, 0.29) is 11.6 Å². The molecule has 0 saturated heterocycles. The Morgan fingerprint density at radius 2 is 1.45 bits per heavy atom. The summed E-state index contributed by atoms with van der Waals surface area (Å²) >= 11 is 3.42. The van der Waals surface area contributed by atoms with Gasteiger partial charge in [0, 0.05) is 16.9 Å². The van der Waals surface area contributed by atoms with Gasteiger partial charge in [-0.2, -0.15) is 5.26 Å². The van der Waals surface area contributed by atoms with Crippen molar-refractivity contribution < 1.29 is 4.74 Å². The van der Waals surface area contributed by atoms with Crippen molar-refractivity contribution in [3.8, 4) is 28.8 Å². The summed E-state index contributed by atoms with van der Waals surface area (Å²) in [6, 6.07) is 17.6. The normalized spacial score (nSPS) is 10.0. The smallest absolute Gasteiger partial charge is 0.256 e. The van der Waals surface area contributed by atoms with Crippen molar-refractivity contribution in [2.24, 2.45) is 0 Å². The van der Waals surface area contributed by atoms with Gasteiger partial charge in [0.1, 0.15) is 11.8 Å². The molecule has 2 aromatic carbocycles. The maximum Gasteiger partial charge on any atom is 0.256 e. The maximum absolute atomic E-state index is 8.98. The molecule has 0 radical (unpaired) electrons. The van der Waals surface area contributed by atoms with Gasteiger partial charge in [-0.1, -0.05) is 40.2 Å². The third-order valence-electron chi connectivity index (χ3n) is 3.02. The Balaban J connectivity index is 1.83. The summed E-state index contributed by atoms with van der Waals surface area (Å²) in [5.74, 6) is 0.819. The fourth-order valence-corrected chi connectivity index (χ4v) is 2.21. The highest BCUT2D eigenvalue weighted by Gasteiger charge is 2.07. The van der Waals surface area contributed by atoms with E-state index in [9.17, 15) is 0 Å². The highest BCUT2D eigenvalue weighted by molar-refractivity contribution is 9.10. The Hall–Kier alpha value is -2.71. The van der Waals surface area contributed by atoms with Gasteiger partial charge in [-0.05, 0) is 35.4 Å². The second kappa shape index (κ2) is 6.37. The topological polar surface area (TPSA) is 58.8 Å². The van der Waals surface area contributed by atoms with Crippen LogP contribution in [0, 0.1) is 11.3 Å². The first-order chi connectivity index (χ1) is 10.8. The summed E-state index contributed by atoms with van der Waals surface area (Å²) in [7, 11) is 0. The molecule has 0 aliphatic heterocycles. The zero-order valence-corrected chi connectivity index (χ0v) is 13.0. The van der Waals surface area contributed by atoms with Gasteiger partial charge in [0.25, 0.3) is 5.88 Å². The van der Waals surface area contributed by atoms with Crippen molar-refractivity contribution in [3.63, 3.8) is 0 Å². The first kappa shape index (κ1) is 14.2. The number of hydrogen-bond acceptors (Lipinski definition) is 4. The molecule has 0 unspecified atom stereocenters. The average Bonchev–Trinajstić information content (AvgIpc) is 2.57. The molecule has 0 amide bonds. The molecule has 3 rings (SSSR count). The van der Waals surface area contributed by atoms with E-state index in [1.807, 2.05) is 54.6 Å². The first-order valence-electron chi connectivity index (χ1n) is 6.51. The van der Waals surface area contributed by atoms with E-state index in [2.05, 4.69) is 25.9 Å². The van der Waals surface area contributed by atoms with Crippen LogP contribution >= 0.6 is 15.9 Å². The van der Waals surface area contributed by atoms with Crippen molar-refractivity contribution >= 4 is 15.9 Å². The van der Waals surface area contributed by atoms with Crippen molar-refractivity contribution in [3.05, 3.63) is 71.1 Å². The van der Waals surface area contributed by atoms with Crippen LogP contribution in [0.3, 0.4) is 0 Å². The second-order valence-corrected chi connectivity index (χ2v) is 5.37. The van der Waals surface area contributed by atoms with Crippen molar-refractivity contribution in [1.29, 1.82) is 5.26 Å². The number of hydrogen-bond donors (Lipinski definition) is 0. The summed E-state index contributed by atoms with van der Waals surface area (Å²) in [4.78, 5) is 7.94. The van der Waals surface area contributed by atoms with Crippen LogP contribution in [0.15, 0.2) is 65.4 Å². The number of benzene rings is 2. The number of rotatable bonds is 3. The molecule has 0 spiro atoms. The predicted molar refractivity (Wildman–Crippen MR) is 86.4 cm³/mol. The molecule has 1 heterocycles. The molecule has 22 heavy (non-hydrogen) atoms. The van der Waals surface area contributed by atoms with Crippen molar-refractivity contribution in [2.75, 3.05) is 0 Å². The van der Waals surface area contributed by atoms with E-state index in [1.54, 1.807) is 0 Å². The largest absolute Gasteiger partial charge is 0.437 e. The van der Waals surface area contributed by atoms with Crippen LogP contribution in [0.1, 0.15) is 5.69 Å². The molecular formula is C17H10BrN3O. The van der Waals surface area contributed by atoms with Gasteiger partial charge in [0.05, 0.1) is 0 Å². The van der Waals surface area contributed by atoms with Crippen LogP contribution in [-0.4, -0.2) is 9.97 Å². The molecule has 3 aromatic rings. The molecule has 106 valence electrons. The number of nitriles is 1. The SMILES string of the molecule is N#Cc1nccnc1Oc1ccc(-c2ccc(Br)cc2)cc1. The third-order valence-corrected chi connectivity index (χ3v) is 3.55. The summed E-state index contributed by atoms with van der Waals surface area (Å²) < 4.78 is 6.65. The predicted octanol–water partition coefficient (Wildman–Crippen LogP) is 4.57. The van der Waals surface area contributed by atoms with Gasteiger partial charge in [-0.3, -0.25) is 0 Å². The number of ether oxygens (including phenoxy) is 1. The minimum Gasteiger partial charge on any atom is -0.437 e. The van der Waals surface area contributed by atoms with Crippen molar-refractivity contribution in [2.45, 2.75) is 0 Å². The Morgan fingerprint density at radius 3 is 2.09 bits per heavy atom. The standard InChI is InChI=1S/C17H10BrN3O/c18-14-5-1-12(2-6-14)13-3-7-15(8-4-13)22-17-16(11-19)20-9-10-21-17/h1-10H. The lowest BCUT2D eigenvalue weighted by atomic mass is 10.1. The highest BCUT2D eigenvalue weighted by Crippen LogP contribution is 2.26. The lowest BCUT2D eigenvalue weighted by Crippen LogP contribution is -1.93. The number of aromatic nitrogens is 2. The Labute approximate surface area is 136 Å². The van der Waals surface area contributed by atoms with E-state index < -0.39 is 0 Å². The number of nitrogens with zero attached hydrogens (tertiary/aromatic N) is 3. The molecule has 0 atom stereocenters. The van der Waals surface area contributed by atoms with E-state index >= 15 is 0 Å². The van der Waals surface area contributed by atoms with Crippen LogP contribution in [0.5, 0.6) is 11.6 Å². The van der Waals surface area contributed by atoms with Crippen LogP contribution in [0.25, 0.3) is 11.1 Å². The van der Waals surface area contributed by atoms with Gasteiger partial charge >= 0.3 is 0 Å². The summed E-state index contributed by atoms with van der Waals surface area (Å²) in [5.41, 5.74) is 2.37. The molecular weight excluding hydrogens is 342 g/mol. The van der Waals surface area contributed by atoms with E-state index in [0.29, 0.717) is 5.75 Å². The van der Waals surface area contributed by atoms with E-state index in [4.69, 9.17) is 10.00 Å². The van der Waals surface area contributed by atoms with Gasteiger partial charge < -0.3 is 4.74 Å². The van der Waals surface area contributed by atoms with Crippen LogP contribution in [-0.2, 0) is 0 Å². The molecule has 0 saturated carbocycles. The van der Waals surface area contributed by atoms with Crippen LogP contribution < -0.4 is 4.74 Å². The summed E-state index contributed by atoms with van der Waals surface area (Å²) in [6.07, 6.45) is 2.95. The molecule has 4 nitrogen and oxygen atoms in total. The van der Waals surface area contributed by atoms with Gasteiger partial charge in [0.2, 0.25) is 5.69 Å². The molecule has 0 N–H and O–H groups in total. The van der Waals surface area contributed by atoms with Gasteiger partial charge in [0.15, 0.2) is 0 Å². The number of halogens is 1. The summed E-state index contributed by atoms with van der Waals surface area (Å²) in [5, 5.41) is 8.98. The first-order valence-corrected chi connectivity index (χ1v) is 7.30. The minimum atomic E-state index is 0.166. The monoisotopic (exact) mass is 351 g/mol. The van der Waals surface area contributed by atoms with E-state index in [1.165, 1.54) is 12.4 Å². The van der Waals surface area contributed by atoms with Crippen LogP contribution in [0.4, 0.5) is 0 Å². The van der Waals surface area contributed by atoms with Crippen LogP contribution in [0.2, 0.25) is 0 Å². The zero-order chi connectivity index (χ0) is 15.4. The zero-order valence-electron chi connectivity index (χ0n) is 11.4. The summed E-state index contributed by atoms with van der Waals surface area (Å²) in [6.45, 7) is 0. The lowest BCUT2D eigenvalue weighted by Gasteiger charge is -2.07.